The van der Waals surface area contributed by atoms with Gasteiger partial charge in [-0.2, -0.15) is 0 Å². The second-order valence-corrected chi connectivity index (χ2v) is 15.6. The predicted octanol–water partition coefficient (Wildman–Crippen LogP) is 12.5. The first kappa shape index (κ1) is 29.6. The van der Waals surface area contributed by atoms with Crippen LogP contribution in [0.2, 0.25) is 0 Å². The van der Waals surface area contributed by atoms with Crippen molar-refractivity contribution < 1.29 is 0 Å². The molecule has 1 unspecified atom stereocenters. The zero-order chi connectivity index (χ0) is 33.8. The molecule has 244 valence electrons. The maximum Gasteiger partial charge on any atom is 0.0563 e. The SMILES string of the molecule is CC1(C)C2=CC(N(c3ccc4c(c3)C(C)(C)c3ccccc3-4)c3ccc4c(c3)c3ccccc3n4C3=CCCC=C3)CC=C2c2ccccc21. The van der Waals surface area contributed by atoms with Crippen LogP contribution in [-0.2, 0) is 10.8 Å². The molecule has 2 nitrogen and oxygen atoms in total. The number of allylic oxidation sites excluding steroid dienone is 6. The minimum atomic E-state index is -0.0700. The highest BCUT2D eigenvalue weighted by atomic mass is 15.2. The van der Waals surface area contributed by atoms with Crippen molar-refractivity contribution in [2.24, 2.45) is 0 Å². The second kappa shape index (κ2) is 10.6. The lowest BCUT2D eigenvalue weighted by molar-refractivity contribution is 0.644. The van der Waals surface area contributed by atoms with E-state index in [1.54, 1.807) is 0 Å². The Labute approximate surface area is 295 Å². The number of anilines is 2. The standard InChI is InChI=1S/C48H42N2/c1-47(2)41-19-11-8-16-35(41)37-25-22-33(29-43(37)47)49(34-23-26-38-36-17-9-12-20-42(36)48(3,4)44(38)30-34)32-24-27-46-40(28-32)39-18-10-13-21-45(39)50(46)31-14-6-5-7-15-31/h6,8-22,24-30,34H,5,7,23H2,1-4H3. The van der Waals surface area contributed by atoms with Gasteiger partial charge in [0.25, 0.3) is 0 Å². The van der Waals surface area contributed by atoms with Gasteiger partial charge in [-0.1, -0.05) is 125 Å². The number of hydrogen-bond donors (Lipinski definition) is 0. The first-order valence-corrected chi connectivity index (χ1v) is 18.3. The van der Waals surface area contributed by atoms with Crippen LogP contribution in [-0.4, -0.2) is 10.6 Å². The first-order valence-electron chi connectivity index (χ1n) is 18.3. The third kappa shape index (κ3) is 4.08. The van der Waals surface area contributed by atoms with Crippen molar-refractivity contribution in [3.63, 3.8) is 0 Å². The third-order valence-corrected chi connectivity index (χ3v) is 12.1. The van der Waals surface area contributed by atoms with Gasteiger partial charge in [0, 0.05) is 38.7 Å². The van der Waals surface area contributed by atoms with E-state index in [-0.39, 0.29) is 16.9 Å². The molecule has 0 fully saturated rings. The van der Waals surface area contributed by atoms with Gasteiger partial charge in [0.15, 0.2) is 0 Å². The lowest BCUT2D eigenvalue weighted by Crippen LogP contribution is -2.32. The van der Waals surface area contributed by atoms with Gasteiger partial charge in [-0.05, 0) is 106 Å². The zero-order valence-corrected chi connectivity index (χ0v) is 29.4. The first-order chi connectivity index (χ1) is 24.3. The lowest BCUT2D eigenvalue weighted by Gasteiger charge is -2.36. The quantitative estimate of drug-likeness (QED) is 0.185. The number of rotatable bonds is 4. The predicted molar refractivity (Wildman–Crippen MR) is 212 cm³/mol. The summed E-state index contributed by atoms with van der Waals surface area (Å²) in [4.78, 5) is 2.63. The molecular weight excluding hydrogens is 605 g/mol. The summed E-state index contributed by atoms with van der Waals surface area (Å²) in [5.41, 5.74) is 17.4. The van der Waals surface area contributed by atoms with Gasteiger partial charge in [0.1, 0.15) is 0 Å². The Morgan fingerprint density at radius 2 is 1.28 bits per heavy atom. The number of hydrogen-bond acceptors (Lipinski definition) is 1. The van der Waals surface area contributed by atoms with Crippen LogP contribution in [0.15, 0.2) is 145 Å². The summed E-state index contributed by atoms with van der Waals surface area (Å²) in [6.07, 6.45) is 15.2. The molecular formula is C48H42N2. The van der Waals surface area contributed by atoms with Crippen LogP contribution in [0.25, 0.3) is 44.2 Å². The molecule has 4 aliphatic rings. The molecule has 0 radical (unpaired) electrons. The minimum absolute atomic E-state index is 0.0487. The number of benzene rings is 5. The molecule has 10 rings (SSSR count). The molecule has 1 atom stereocenters. The van der Waals surface area contributed by atoms with Crippen LogP contribution >= 0.6 is 0 Å². The van der Waals surface area contributed by atoms with Crippen LogP contribution in [0.5, 0.6) is 0 Å². The van der Waals surface area contributed by atoms with Crippen molar-refractivity contribution in [1.29, 1.82) is 0 Å². The maximum absolute atomic E-state index is 2.63. The highest BCUT2D eigenvalue weighted by molar-refractivity contribution is 6.11. The van der Waals surface area contributed by atoms with Gasteiger partial charge < -0.3 is 9.47 Å². The molecule has 5 aromatic carbocycles. The summed E-state index contributed by atoms with van der Waals surface area (Å²) in [7, 11) is 0. The van der Waals surface area contributed by atoms with Crippen LogP contribution in [0.3, 0.4) is 0 Å². The van der Waals surface area contributed by atoms with Gasteiger partial charge >= 0.3 is 0 Å². The van der Waals surface area contributed by atoms with Crippen molar-refractivity contribution in [1.82, 2.24) is 4.57 Å². The Morgan fingerprint density at radius 1 is 0.600 bits per heavy atom. The van der Waals surface area contributed by atoms with E-state index < -0.39 is 0 Å². The monoisotopic (exact) mass is 646 g/mol. The Hall–Kier alpha value is -5.34. The molecule has 0 saturated carbocycles. The molecule has 0 saturated heterocycles. The molecule has 0 bridgehead atoms. The van der Waals surface area contributed by atoms with Crippen LogP contribution in [0, 0.1) is 0 Å². The summed E-state index contributed by atoms with van der Waals surface area (Å²) in [6.45, 7) is 9.57. The molecule has 0 spiro atoms. The van der Waals surface area contributed by atoms with E-state index in [0.29, 0.717) is 0 Å². The van der Waals surface area contributed by atoms with Gasteiger partial charge in [-0.3, -0.25) is 0 Å². The van der Waals surface area contributed by atoms with Crippen molar-refractivity contribution in [3.8, 4) is 11.1 Å². The van der Waals surface area contributed by atoms with Gasteiger partial charge in [-0.15, -0.1) is 0 Å². The molecule has 50 heavy (non-hydrogen) atoms. The van der Waals surface area contributed by atoms with E-state index in [0.717, 1.165) is 19.3 Å². The molecule has 4 aliphatic carbocycles. The summed E-state index contributed by atoms with van der Waals surface area (Å²) >= 11 is 0. The summed E-state index contributed by atoms with van der Waals surface area (Å²) in [5.74, 6) is 0. The number of fused-ring (bicyclic) bond motifs is 9. The molecule has 0 amide bonds. The highest BCUT2D eigenvalue weighted by Crippen LogP contribution is 2.54. The fourth-order valence-corrected chi connectivity index (χ4v) is 9.62. The third-order valence-electron chi connectivity index (χ3n) is 12.1. The van der Waals surface area contributed by atoms with Crippen molar-refractivity contribution in [2.45, 2.75) is 63.8 Å². The Bertz CT molecular complexity index is 2530. The Kier molecular flexibility index (Phi) is 6.26. The van der Waals surface area contributed by atoms with Crippen LogP contribution in [0.4, 0.5) is 11.4 Å². The maximum atomic E-state index is 2.63. The van der Waals surface area contributed by atoms with Crippen molar-refractivity contribution in [3.05, 3.63) is 167 Å². The largest absolute Gasteiger partial charge is 0.334 e. The van der Waals surface area contributed by atoms with Gasteiger partial charge in [-0.25, -0.2) is 0 Å². The summed E-state index contributed by atoms with van der Waals surface area (Å²) < 4.78 is 2.46. The fourth-order valence-electron chi connectivity index (χ4n) is 9.62. The lowest BCUT2D eigenvalue weighted by atomic mass is 9.79. The van der Waals surface area contributed by atoms with Crippen molar-refractivity contribution >= 4 is 44.5 Å². The van der Waals surface area contributed by atoms with E-state index >= 15 is 0 Å². The summed E-state index contributed by atoms with van der Waals surface area (Å²) in [5, 5.41) is 2.59. The number of aromatic nitrogens is 1. The van der Waals surface area contributed by atoms with E-state index in [9.17, 15) is 0 Å². The van der Waals surface area contributed by atoms with Gasteiger partial charge in [0.05, 0.1) is 17.1 Å². The van der Waals surface area contributed by atoms with E-state index in [1.807, 2.05) is 0 Å². The average molecular weight is 647 g/mol. The Morgan fingerprint density at radius 3 is 2.10 bits per heavy atom. The molecule has 1 aromatic heterocycles. The second-order valence-electron chi connectivity index (χ2n) is 15.6. The molecule has 2 heteroatoms. The highest BCUT2D eigenvalue weighted by Gasteiger charge is 2.41. The minimum Gasteiger partial charge on any atom is -0.334 e. The number of nitrogens with zero attached hydrogens (tertiary/aromatic N) is 2. The zero-order valence-electron chi connectivity index (χ0n) is 29.4. The smallest absolute Gasteiger partial charge is 0.0563 e. The van der Waals surface area contributed by atoms with Crippen LogP contribution < -0.4 is 4.90 Å². The van der Waals surface area contributed by atoms with E-state index in [2.05, 4.69) is 177 Å². The van der Waals surface area contributed by atoms with Crippen molar-refractivity contribution in [2.75, 3.05) is 4.90 Å². The van der Waals surface area contributed by atoms with E-state index in [4.69, 9.17) is 0 Å². The summed E-state index contributed by atoms with van der Waals surface area (Å²) in [6, 6.07) is 41.5. The normalized spacial score (nSPS) is 19.4. The number of para-hydroxylation sites is 1. The molecule has 0 aliphatic heterocycles. The van der Waals surface area contributed by atoms with Crippen LogP contribution in [0.1, 0.15) is 69.2 Å². The fraction of sp³-hybridized carbons (Fsp3) is 0.208. The molecule has 1 heterocycles. The van der Waals surface area contributed by atoms with E-state index in [1.165, 1.54) is 83.4 Å². The average Bonchev–Trinajstić information content (AvgIpc) is 3.69. The van der Waals surface area contributed by atoms with Gasteiger partial charge in [0.2, 0.25) is 0 Å². The Balaban J connectivity index is 1.18. The topological polar surface area (TPSA) is 8.17 Å². The molecule has 0 N–H and O–H groups in total. The molecule has 6 aromatic rings.